The van der Waals surface area contributed by atoms with Crippen LogP contribution >= 0.6 is 11.6 Å². The summed E-state index contributed by atoms with van der Waals surface area (Å²) < 4.78 is 32.7. The predicted molar refractivity (Wildman–Crippen MR) is 146 cm³/mol. The lowest BCUT2D eigenvalue weighted by molar-refractivity contribution is 0.0303. The summed E-state index contributed by atoms with van der Waals surface area (Å²) in [6.45, 7) is 0.498. The molecule has 0 amide bonds. The standard InChI is InChI=1S/C29H19ClFN3O9/c30-19-13-32(23-9-4-10-41-23)22(35)12-21(19)42-27(38)16-6-3-5-15(11-16)24(36)34-25(37)20(31)14-33(29(34)40)26-17-7-1-2-8-18(17)28(39)43-26/h1-3,5-8,11-14,23,26H,4,9-10H2. The third-order valence-corrected chi connectivity index (χ3v) is 7.24. The van der Waals surface area contributed by atoms with Crippen LogP contribution in [0.1, 0.15) is 61.9 Å². The molecule has 2 atom stereocenters. The molecule has 0 saturated carbocycles. The second kappa shape index (κ2) is 10.9. The van der Waals surface area contributed by atoms with Crippen molar-refractivity contribution in [2.75, 3.05) is 6.61 Å². The molecule has 14 heteroatoms. The van der Waals surface area contributed by atoms with E-state index in [2.05, 4.69) is 0 Å². The molecule has 1 fully saturated rings. The number of fused-ring (bicyclic) bond motifs is 1. The van der Waals surface area contributed by atoms with Crippen LogP contribution in [0.15, 0.2) is 81.4 Å². The van der Waals surface area contributed by atoms with E-state index in [0.717, 1.165) is 18.6 Å². The molecule has 218 valence electrons. The third-order valence-electron chi connectivity index (χ3n) is 6.95. The van der Waals surface area contributed by atoms with Gasteiger partial charge < -0.3 is 14.2 Å². The van der Waals surface area contributed by atoms with E-state index in [4.69, 9.17) is 25.8 Å². The molecule has 2 aliphatic heterocycles. The molecule has 0 aliphatic carbocycles. The Hall–Kier alpha value is -5.14. The summed E-state index contributed by atoms with van der Waals surface area (Å²) in [6, 6.07) is 11.9. The van der Waals surface area contributed by atoms with Gasteiger partial charge in [-0.2, -0.15) is 8.96 Å². The Balaban J connectivity index is 1.31. The van der Waals surface area contributed by atoms with Crippen molar-refractivity contribution in [3.05, 3.63) is 131 Å². The highest BCUT2D eigenvalue weighted by Crippen LogP contribution is 2.31. The van der Waals surface area contributed by atoms with Gasteiger partial charge in [-0.1, -0.05) is 35.9 Å². The number of rotatable bonds is 5. The molecule has 0 radical (unpaired) electrons. The molecule has 2 aromatic heterocycles. The average molecular weight is 608 g/mol. The summed E-state index contributed by atoms with van der Waals surface area (Å²) in [5.41, 5.74) is -3.51. The molecule has 2 aromatic carbocycles. The van der Waals surface area contributed by atoms with Crippen LogP contribution in [0.5, 0.6) is 5.75 Å². The number of ether oxygens (including phenoxy) is 3. The SMILES string of the molecule is O=C(Oc1cc(=O)n(C2CCCO2)cc1Cl)c1cccc(C(=O)n2c(=O)c(F)cn(C3OC(=O)c4ccccc43)c2=O)c1. The number of hydrogen-bond donors (Lipinski definition) is 0. The van der Waals surface area contributed by atoms with Crippen molar-refractivity contribution < 1.29 is 33.0 Å². The highest BCUT2D eigenvalue weighted by Gasteiger charge is 2.34. The van der Waals surface area contributed by atoms with E-state index in [1.807, 2.05) is 0 Å². The second-order valence-corrected chi connectivity index (χ2v) is 10.0. The van der Waals surface area contributed by atoms with E-state index in [0.29, 0.717) is 23.8 Å². The van der Waals surface area contributed by atoms with Gasteiger partial charge in [-0.15, -0.1) is 0 Å². The first-order chi connectivity index (χ1) is 20.6. The van der Waals surface area contributed by atoms with E-state index in [1.165, 1.54) is 41.1 Å². The number of aromatic nitrogens is 3. The maximum absolute atomic E-state index is 14.8. The highest BCUT2D eigenvalue weighted by atomic mass is 35.5. The van der Waals surface area contributed by atoms with E-state index in [1.54, 1.807) is 12.1 Å². The van der Waals surface area contributed by atoms with Gasteiger partial charge in [0, 0.05) is 30.0 Å². The maximum Gasteiger partial charge on any atom is 0.343 e. The Labute approximate surface area is 245 Å². The first-order valence-corrected chi connectivity index (χ1v) is 13.3. The van der Waals surface area contributed by atoms with E-state index < -0.39 is 52.9 Å². The van der Waals surface area contributed by atoms with Crippen molar-refractivity contribution in [2.45, 2.75) is 25.3 Å². The van der Waals surface area contributed by atoms with Crippen LogP contribution in [0.3, 0.4) is 0 Å². The minimum atomic E-state index is -1.55. The summed E-state index contributed by atoms with van der Waals surface area (Å²) in [5, 5.41) is -0.0447. The molecular formula is C29H19ClFN3O9. The number of esters is 2. The summed E-state index contributed by atoms with van der Waals surface area (Å²) in [5.74, 6) is -4.74. The van der Waals surface area contributed by atoms with Crippen molar-refractivity contribution in [3.8, 4) is 5.75 Å². The first kappa shape index (κ1) is 28.0. The molecule has 12 nitrogen and oxygen atoms in total. The summed E-state index contributed by atoms with van der Waals surface area (Å²) in [4.78, 5) is 77.1. The van der Waals surface area contributed by atoms with Gasteiger partial charge in [0.2, 0.25) is 12.0 Å². The minimum absolute atomic E-state index is 0.0379. The number of carbonyl (C=O) groups excluding carboxylic acids is 3. The van der Waals surface area contributed by atoms with Crippen molar-refractivity contribution in [2.24, 2.45) is 0 Å². The monoisotopic (exact) mass is 607 g/mol. The Kier molecular flexibility index (Phi) is 7.12. The first-order valence-electron chi connectivity index (χ1n) is 12.9. The van der Waals surface area contributed by atoms with Crippen LogP contribution in [0.2, 0.25) is 5.02 Å². The fourth-order valence-corrected chi connectivity index (χ4v) is 5.08. The molecule has 2 unspecified atom stereocenters. The molecule has 1 saturated heterocycles. The Morgan fingerprint density at radius 2 is 1.72 bits per heavy atom. The van der Waals surface area contributed by atoms with Crippen molar-refractivity contribution in [1.29, 1.82) is 0 Å². The molecule has 0 spiro atoms. The molecule has 2 aliphatic rings. The topological polar surface area (TPSA) is 145 Å². The minimum Gasteiger partial charge on any atom is -0.433 e. The number of benzene rings is 2. The van der Waals surface area contributed by atoms with Crippen LogP contribution in [-0.2, 0) is 9.47 Å². The molecule has 6 rings (SSSR count). The van der Waals surface area contributed by atoms with Crippen LogP contribution < -0.4 is 21.5 Å². The van der Waals surface area contributed by atoms with Crippen LogP contribution in [0, 0.1) is 5.82 Å². The van der Waals surface area contributed by atoms with Crippen molar-refractivity contribution >= 4 is 29.4 Å². The number of nitrogens with zero attached hydrogens (tertiary/aromatic N) is 3. The fraction of sp³-hybridized carbons (Fsp3) is 0.172. The highest BCUT2D eigenvalue weighted by molar-refractivity contribution is 6.32. The van der Waals surface area contributed by atoms with Crippen molar-refractivity contribution in [1.82, 2.24) is 13.7 Å². The van der Waals surface area contributed by atoms with Crippen LogP contribution in [0.4, 0.5) is 4.39 Å². The number of pyridine rings is 1. The fourth-order valence-electron chi connectivity index (χ4n) is 4.88. The third kappa shape index (κ3) is 4.98. The van der Waals surface area contributed by atoms with E-state index >= 15 is 0 Å². The smallest absolute Gasteiger partial charge is 0.343 e. The Morgan fingerprint density at radius 1 is 0.953 bits per heavy atom. The molecule has 0 N–H and O–H groups in total. The summed E-state index contributed by atoms with van der Waals surface area (Å²) >= 11 is 6.24. The van der Waals surface area contributed by atoms with Crippen molar-refractivity contribution in [3.63, 3.8) is 0 Å². The van der Waals surface area contributed by atoms with Gasteiger partial charge >= 0.3 is 17.6 Å². The zero-order valence-electron chi connectivity index (χ0n) is 21.9. The van der Waals surface area contributed by atoms with E-state index in [9.17, 15) is 33.2 Å². The van der Waals surface area contributed by atoms with E-state index in [-0.39, 0.29) is 37.6 Å². The predicted octanol–water partition coefficient (Wildman–Crippen LogP) is 2.90. The number of halogens is 2. The van der Waals surface area contributed by atoms with Crippen LogP contribution in [0.25, 0.3) is 0 Å². The zero-order chi connectivity index (χ0) is 30.4. The van der Waals surface area contributed by atoms with Gasteiger partial charge in [0.05, 0.1) is 22.3 Å². The molecule has 0 bridgehead atoms. The number of hydrogen-bond acceptors (Lipinski definition) is 9. The average Bonchev–Trinajstić information content (AvgIpc) is 3.65. The molecule has 43 heavy (non-hydrogen) atoms. The molecular weight excluding hydrogens is 589 g/mol. The van der Waals surface area contributed by atoms with Gasteiger partial charge in [0.15, 0.2) is 5.75 Å². The quantitative estimate of drug-likeness (QED) is 0.313. The maximum atomic E-state index is 14.8. The van der Waals surface area contributed by atoms with Gasteiger partial charge in [0.25, 0.3) is 17.0 Å². The second-order valence-electron chi connectivity index (χ2n) is 9.63. The summed E-state index contributed by atoms with van der Waals surface area (Å²) in [6.07, 6.45) is 1.34. The largest absolute Gasteiger partial charge is 0.433 e. The summed E-state index contributed by atoms with van der Waals surface area (Å²) in [7, 11) is 0. The van der Waals surface area contributed by atoms with Gasteiger partial charge in [-0.05, 0) is 37.1 Å². The van der Waals surface area contributed by atoms with Gasteiger partial charge in [-0.25, -0.2) is 14.4 Å². The van der Waals surface area contributed by atoms with Crippen LogP contribution in [-0.4, -0.2) is 38.2 Å². The Morgan fingerprint density at radius 3 is 2.49 bits per heavy atom. The lowest BCUT2D eigenvalue weighted by atomic mass is 10.1. The lowest BCUT2D eigenvalue weighted by Crippen LogP contribution is -2.46. The van der Waals surface area contributed by atoms with Gasteiger partial charge in [0.1, 0.15) is 6.23 Å². The zero-order valence-corrected chi connectivity index (χ0v) is 22.7. The number of carbonyl (C=O) groups is 3. The Bertz CT molecular complexity index is 2010. The normalized spacial score (nSPS) is 17.4. The lowest BCUT2D eigenvalue weighted by Gasteiger charge is -2.16. The molecule has 4 heterocycles. The van der Waals surface area contributed by atoms with Gasteiger partial charge in [-0.3, -0.25) is 23.5 Å². The molecule has 4 aromatic rings. The number of cyclic esters (lactones) is 1.